The highest BCUT2D eigenvalue weighted by Gasteiger charge is 2.29. The summed E-state index contributed by atoms with van der Waals surface area (Å²) in [6.07, 6.45) is 4.49. The van der Waals surface area contributed by atoms with Crippen molar-refractivity contribution in [2.45, 2.75) is 32.6 Å². The number of hydrogen-bond donors (Lipinski definition) is 0. The zero-order valence-corrected chi connectivity index (χ0v) is 8.71. The van der Waals surface area contributed by atoms with Gasteiger partial charge in [0.2, 0.25) is 0 Å². The Morgan fingerprint density at radius 1 is 1.64 bits per heavy atom. The minimum atomic E-state index is -0.230. The maximum absolute atomic E-state index is 11.4. The lowest BCUT2D eigenvalue weighted by molar-refractivity contribution is -0.141. The minimum absolute atomic E-state index is 0.0925. The topological polar surface area (TPSA) is 43.4 Å². The van der Waals surface area contributed by atoms with E-state index < -0.39 is 0 Å². The molecule has 3 heteroatoms. The molecule has 1 saturated carbocycles. The Morgan fingerprint density at radius 2 is 2.36 bits per heavy atom. The molecule has 1 rings (SSSR count). The van der Waals surface area contributed by atoms with Gasteiger partial charge in [0.25, 0.3) is 0 Å². The molecule has 1 aliphatic rings. The molecule has 0 amide bonds. The van der Waals surface area contributed by atoms with Crippen LogP contribution in [-0.4, -0.2) is 18.9 Å². The van der Waals surface area contributed by atoms with Crippen LogP contribution in [0.2, 0.25) is 0 Å². The Balaban J connectivity index is 2.65. The number of allylic oxidation sites excluding steroid dienone is 2. The third kappa shape index (κ3) is 2.44. The van der Waals surface area contributed by atoms with Crippen molar-refractivity contribution in [3.05, 3.63) is 11.6 Å². The number of carbonyl (C=O) groups is 2. The van der Waals surface area contributed by atoms with Crippen LogP contribution in [-0.2, 0) is 14.3 Å². The molecular formula is C11H16O3. The summed E-state index contributed by atoms with van der Waals surface area (Å²) >= 11 is 0. The fourth-order valence-electron chi connectivity index (χ4n) is 1.83. The van der Waals surface area contributed by atoms with E-state index in [1.54, 1.807) is 0 Å². The van der Waals surface area contributed by atoms with Crippen molar-refractivity contribution in [2.75, 3.05) is 7.11 Å². The average Bonchev–Trinajstić information content (AvgIpc) is 2.50. The van der Waals surface area contributed by atoms with E-state index in [0.717, 1.165) is 18.4 Å². The molecule has 1 aliphatic carbocycles. The highest BCUT2D eigenvalue weighted by molar-refractivity contribution is 5.98. The van der Waals surface area contributed by atoms with Gasteiger partial charge in [-0.1, -0.05) is 13.0 Å². The Labute approximate surface area is 84.1 Å². The Kier molecular flexibility index (Phi) is 3.86. The second-order valence-electron chi connectivity index (χ2n) is 3.51. The summed E-state index contributed by atoms with van der Waals surface area (Å²) in [4.78, 5) is 22.5. The Bertz CT molecular complexity index is 266. The molecule has 0 aromatic heterocycles. The summed E-state index contributed by atoms with van der Waals surface area (Å²) in [7, 11) is 1.38. The van der Waals surface area contributed by atoms with Crippen LogP contribution in [0.1, 0.15) is 32.6 Å². The zero-order valence-electron chi connectivity index (χ0n) is 8.71. The maximum atomic E-state index is 11.4. The summed E-state index contributed by atoms with van der Waals surface area (Å²) < 4.78 is 4.60. The van der Waals surface area contributed by atoms with Gasteiger partial charge in [-0.3, -0.25) is 9.59 Å². The predicted molar refractivity (Wildman–Crippen MR) is 52.7 cm³/mol. The van der Waals surface area contributed by atoms with Crippen LogP contribution >= 0.6 is 0 Å². The first kappa shape index (κ1) is 11.0. The number of carbonyl (C=O) groups excluding carboxylic acids is 2. The summed E-state index contributed by atoms with van der Waals surface area (Å²) in [5, 5.41) is 0. The van der Waals surface area contributed by atoms with Gasteiger partial charge >= 0.3 is 5.97 Å². The number of ketones is 1. The fraction of sp³-hybridized carbons (Fsp3) is 0.636. The van der Waals surface area contributed by atoms with Gasteiger partial charge < -0.3 is 4.74 Å². The maximum Gasteiger partial charge on any atom is 0.306 e. The van der Waals surface area contributed by atoms with Gasteiger partial charge in [-0.05, 0) is 24.3 Å². The number of esters is 1. The first-order valence-corrected chi connectivity index (χ1v) is 4.99. The molecule has 0 aliphatic heterocycles. The quantitative estimate of drug-likeness (QED) is 0.511. The third-order valence-electron chi connectivity index (χ3n) is 2.55. The smallest absolute Gasteiger partial charge is 0.306 e. The number of Topliss-reactive ketones (excluding diaryl/α,β-unsaturated/α-hetero) is 1. The molecule has 0 saturated heterocycles. The molecule has 0 aromatic rings. The van der Waals surface area contributed by atoms with Gasteiger partial charge in [0.05, 0.1) is 13.5 Å². The minimum Gasteiger partial charge on any atom is -0.469 e. The molecule has 0 heterocycles. The fourth-order valence-corrected chi connectivity index (χ4v) is 1.83. The summed E-state index contributed by atoms with van der Waals surface area (Å²) in [5.74, 6) is 0.0577. The summed E-state index contributed by atoms with van der Waals surface area (Å²) in [6.45, 7) is 1.99. The van der Waals surface area contributed by atoms with Crippen LogP contribution in [0.15, 0.2) is 11.6 Å². The van der Waals surface area contributed by atoms with Crippen LogP contribution in [0.3, 0.4) is 0 Å². The molecule has 78 valence electrons. The van der Waals surface area contributed by atoms with Gasteiger partial charge in [0, 0.05) is 6.42 Å². The normalized spacial score (nSPS) is 24.3. The lowest BCUT2D eigenvalue weighted by Gasteiger charge is -2.08. The summed E-state index contributed by atoms with van der Waals surface area (Å²) in [6, 6.07) is 0. The van der Waals surface area contributed by atoms with Crippen LogP contribution in [0.5, 0.6) is 0 Å². The van der Waals surface area contributed by atoms with E-state index in [0.29, 0.717) is 12.8 Å². The van der Waals surface area contributed by atoms with E-state index in [9.17, 15) is 9.59 Å². The van der Waals surface area contributed by atoms with Crippen molar-refractivity contribution in [2.24, 2.45) is 5.92 Å². The molecule has 1 unspecified atom stereocenters. The number of rotatable bonds is 3. The van der Waals surface area contributed by atoms with E-state index in [4.69, 9.17) is 0 Å². The average molecular weight is 196 g/mol. The SMILES string of the molecule is CCC=C1C(=O)CCC1CC(=O)OC. The van der Waals surface area contributed by atoms with Gasteiger partial charge in [-0.15, -0.1) is 0 Å². The van der Waals surface area contributed by atoms with Gasteiger partial charge in [0.1, 0.15) is 0 Å². The second kappa shape index (κ2) is 4.94. The highest BCUT2D eigenvalue weighted by Crippen LogP contribution is 2.31. The van der Waals surface area contributed by atoms with Crippen molar-refractivity contribution in [3.8, 4) is 0 Å². The Hall–Kier alpha value is -1.12. The van der Waals surface area contributed by atoms with Crippen LogP contribution in [0.4, 0.5) is 0 Å². The van der Waals surface area contributed by atoms with E-state index >= 15 is 0 Å². The second-order valence-corrected chi connectivity index (χ2v) is 3.51. The van der Waals surface area contributed by atoms with Crippen molar-refractivity contribution < 1.29 is 14.3 Å². The molecule has 0 spiro atoms. The van der Waals surface area contributed by atoms with Gasteiger partial charge in [-0.25, -0.2) is 0 Å². The molecule has 0 bridgehead atoms. The van der Waals surface area contributed by atoms with Crippen molar-refractivity contribution >= 4 is 11.8 Å². The predicted octanol–water partition coefficient (Wildman–Crippen LogP) is 1.86. The van der Waals surface area contributed by atoms with Crippen LogP contribution in [0, 0.1) is 5.92 Å². The molecule has 0 radical (unpaired) electrons. The highest BCUT2D eigenvalue weighted by atomic mass is 16.5. The Morgan fingerprint density at radius 3 is 2.93 bits per heavy atom. The van der Waals surface area contributed by atoms with Crippen molar-refractivity contribution in [1.82, 2.24) is 0 Å². The number of hydrogen-bond acceptors (Lipinski definition) is 3. The van der Waals surface area contributed by atoms with Crippen molar-refractivity contribution in [1.29, 1.82) is 0 Å². The van der Waals surface area contributed by atoms with E-state index in [1.165, 1.54) is 7.11 Å². The van der Waals surface area contributed by atoms with Crippen LogP contribution in [0.25, 0.3) is 0 Å². The van der Waals surface area contributed by atoms with E-state index in [-0.39, 0.29) is 17.7 Å². The molecule has 3 nitrogen and oxygen atoms in total. The molecular weight excluding hydrogens is 180 g/mol. The zero-order chi connectivity index (χ0) is 10.6. The van der Waals surface area contributed by atoms with E-state index in [2.05, 4.69) is 4.74 Å². The summed E-state index contributed by atoms with van der Waals surface area (Å²) in [5.41, 5.74) is 0.831. The third-order valence-corrected chi connectivity index (χ3v) is 2.55. The molecule has 1 atom stereocenters. The lowest BCUT2D eigenvalue weighted by atomic mass is 9.98. The molecule has 14 heavy (non-hydrogen) atoms. The standard InChI is InChI=1S/C11H16O3/c1-3-4-9-8(5-6-10(9)12)7-11(13)14-2/h4,8H,3,5-7H2,1-2H3. The first-order valence-electron chi connectivity index (χ1n) is 4.99. The molecule has 0 N–H and O–H groups in total. The monoisotopic (exact) mass is 196 g/mol. The largest absolute Gasteiger partial charge is 0.469 e. The lowest BCUT2D eigenvalue weighted by Crippen LogP contribution is -2.10. The van der Waals surface area contributed by atoms with Gasteiger partial charge in [-0.2, -0.15) is 0 Å². The van der Waals surface area contributed by atoms with Gasteiger partial charge in [0.15, 0.2) is 5.78 Å². The number of ether oxygens (including phenoxy) is 1. The molecule has 0 aromatic carbocycles. The molecule has 1 fully saturated rings. The van der Waals surface area contributed by atoms with Crippen LogP contribution < -0.4 is 0 Å². The first-order chi connectivity index (χ1) is 6.69. The number of methoxy groups -OCH3 is 1. The van der Waals surface area contributed by atoms with E-state index in [1.807, 2.05) is 13.0 Å². The van der Waals surface area contributed by atoms with Crippen molar-refractivity contribution in [3.63, 3.8) is 0 Å².